The summed E-state index contributed by atoms with van der Waals surface area (Å²) in [6, 6.07) is 5.36. The molecule has 4 rings (SSSR count). The molecule has 3 aliphatic heterocycles. The van der Waals surface area contributed by atoms with E-state index < -0.39 is 0 Å². The van der Waals surface area contributed by atoms with Crippen molar-refractivity contribution in [2.75, 3.05) is 30.5 Å². The predicted octanol–water partition coefficient (Wildman–Crippen LogP) is 0.987. The third kappa shape index (κ3) is 2.74. The predicted molar refractivity (Wildman–Crippen MR) is 85.9 cm³/mol. The molecular weight excluding hydrogens is 318 g/mol. The number of amides is 2. The summed E-state index contributed by atoms with van der Waals surface area (Å²) in [5.41, 5.74) is 0.724. The summed E-state index contributed by atoms with van der Waals surface area (Å²) in [6.45, 7) is 1.28. The van der Waals surface area contributed by atoms with Crippen LogP contribution in [0.5, 0.6) is 11.5 Å². The van der Waals surface area contributed by atoms with Gasteiger partial charge in [-0.3, -0.25) is 14.6 Å². The number of hydrogen-bond acceptors (Lipinski definition) is 6. The number of amidine groups is 1. The number of nitrogens with zero attached hydrogens (tertiary/aromatic N) is 2. The lowest BCUT2D eigenvalue weighted by atomic mass is 10.1. The maximum atomic E-state index is 12.3. The van der Waals surface area contributed by atoms with Gasteiger partial charge in [0.2, 0.25) is 18.6 Å². The minimum Gasteiger partial charge on any atom is -0.454 e. The standard InChI is InChI=1S/C15H15N3O4S/c19-13-5-9(14(20)17-15-16-3-4-23-15)7-18(13)10-1-2-11-12(6-10)22-8-21-11/h1-2,6,9H,3-5,7-8H2,(H,16,17,20)/t9-/m0/s1. The van der Waals surface area contributed by atoms with Crippen LogP contribution in [0, 0.1) is 5.92 Å². The molecule has 0 unspecified atom stereocenters. The molecule has 0 radical (unpaired) electrons. The van der Waals surface area contributed by atoms with Gasteiger partial charge in [0.25, 0.3) is 0 Å². The molecule has 0 spiro atoms. The molecule has 0 aromatic heterocycles. The summed E-state index contributed by atoms with van der Waals surface area (Å²) in [5, 5.41) is 3.46. The number of ether oxygens (including phenoxy) is 2. The average molecular weight is 333 g/mol. The monoisotopic (exact) mass is 333 g/mol. The number of nitrogens with one attached hydrogen (secondary N) is 1. The van der Waals surface area contributed by atoms with Crippen LogP contribution in [0.25, 0.3) is 0 Å². The number of carbonyl (C=O) groups is 2. The lowest BCUT2D eigenvalue weighted by Crippen LogP contribution is -2.35. The van der Waals surface area contributed by atoms with E-state index >= 15 is 0 Å². The second-order valence-electron chi connectivity index (χ2n) is 5.47. The molecule has 0 bridgehead atoms. The number of aliphatic imine (C=N–C) groups is 1. The normalized spacial score (nSPS) is 22.4. The van der Waals surface area contributed by atoms with Gasteiger partial charge in [-0.25, -0.2) is 0 Å². The molecule has 0 saturated carbocycles. The fourth-order valence-electron chi connectivity index (χ4n) is 2.80. The van der Waals surface area contributed by atoms with E-state index in [1.165, 1.54) is 11.8 Å². The smallest absolute Gasteiger partial charge is 0.231 e. The zero-order chi connectivity index (χ0) is 15.8. The first-order valence-electron chi connectivity index (χ1n) is 7.39. The molecular formula is C15H15N3O4S. The Bertz CT molecular complexity index is 706. The SMILES string of the molecule is O=C(NC1=NCCS1)[C@H]1CC(=O)N(c2ccc3c(c2)OCO3)C1. The maximum absolute atomic E-state index is 12.3. The van der Waals surface area contributed by atoms with Crippen molar-refractivity contribution in [3.63, 3.8) is 0 Å². The van der Waals surface area contributed by atoms with Gasteiger partial charge >= 0.3 is 0 Å². The highest BCUT2D eigenvalue weighted by atomic mass is 32.2. The van der Waals surface area contributed by atoms with Crippen molar-refractivity contribution in [2.45, 2.75) is 6.42 Å². The molecule has 1 fully saturated rings. The Labute approximate surface area is 137 Å². The van der Waals surface area contributed by atoms with Crippen LogP contribution in [-0.2, 0) is 9.59 Å². The lowest BCUT2D eigenvalue weighted by molar-refractivity contribution is -0.125. The van der Waals surface area contributed by atoms with Crippen molar-refractivity contribution < 1.29 is 19.1 Å². The fraction of sp³-hybridized carbons (Fsp3) is 0.400. The van der Waals surface area contributed by atoms with Gasteiger partial charge in [-0.1, -0.05) is 11.8 Å². The maximum Gasteiger partial charge on any atom is 0.231 e. The molecule has 1 aromatic carbocycles. The van der Waals surface area contributed by atoms with Crippen LogP contribution < -0.4 is 19.7 Å². The van der Waals surface area contributed by atoms with E-state index in [4.69, 9.17) is 9.47 Å². The summed E-state index contributed by atoms with van der Waals surface area (Å²) in [7, 11) is 0. The number of carbonyl (C=O) groups excluding carboxylic acids is 2. The van der Waals surface area contributed by atoms with E-state index in [1.54, 1.807) is 17.0 Å². The Balaban J connectivity index is 1.46. The molecule has 1 N–H and O–H groups in total. The van der Waals surface area contributed by atoms with Gasteiger partial charge in [0, 0.05) is 30.5 Å². The molecule has 8 heteroatoms. The zero-order valence-electron chi connectivity index (χ0n) is 12.3. The summed E-state index contributed by atoms with van der Waals surface area (Å²) in [6.07, 6.45) is 0.207. The van der Waals surface area contributed by atoms with Gasteiger partial charge in [-0.2, -0.15) is 0 Å². The second-order valence-corrected chi connectivity index (χ2v) is 6.55. The molecule has 3 aliphatic rings. The van der Waals surface area contributed by atoms with E-state index in [2.05, 4.69) is 10.3 Å². The molecule has 23 heavy (non-hydrogen) atoms. The van der Waals surface area contributed by atoms with Gasteiger partial charge in [-0.05, 0) is 12.1 Å². The van der Waals surface area contributed by atoms with Crippen LogP contribution in [0.3, 0.4) is 0 Å². The van der Waals surface area contributed by atoms with Crippen molar-refractivity contribution in [3.05, 3.63) is 18.2 Å². The third-order valence-electron chi connectivity index (χ3n) is 3.98. The molecule has 120 valence electrons. The van der Waals surface area contributed by atoms with Gasteiger partial charge in [0.05, 0.1) is 12.5 Å². The summed E-state index contributed by atoms with van der Waals surface area (Å²) < 4.78 is 10.6. The molecule has 0 aliphatic carbocycles. The minimum atomic E-state index is -0.364. The van der Waals surface area contributed by atoms with Crippen molar-refractivity contribution in [1.82, 2.24) is 5.32 Å². The van der Waals surface area contributed by atoms with E-state index in [-0.39, 0.29) is 30.9 Å². The number of thioether (sulfide) groups is 1. The van der Waals surface area contributed by atoms with Gasteiger partial charge in [-0.15, -0.1) is 0 Å². The molecule has 2 amide bonds. The lowest BCUT2D eigenvalue weighted by Gasteiger charge is -2.17. The fourth-order valence-corrected chi connectivity index (χ4v) is 3.54. The molecule has 1 atom stereocenters. The highest BCUT2D eigenvalue weighted by Gasteiger charge is 2.36. The van der Waals surface area contributed by atoms with Crippen LogP contribution in [0.15, 0.2) is 23.2 Å². The number of hydrogen-bond donors (Lipinski definition) is 1. The van der Waals surface area contributed by atoms with Crippen molar-refractivity contribution >= 4 is 34.4 Å². The number of rotatable bonds is 2. The van der Waals surface area contributed by atoms with Crippen LogP contribution >= 0.6 is 11.8 Å². The Morgan fingerprint density at radius 3 is 3.04 bits per heavy atom. The molecule has 7 nitrogen and oxygen atoms in total. The molecule has 1 saturated heterocycles. The van der Waals surface area contributed by atoms with E-state index in [0.29, 0.717) is 23.2 Å². The van der Waals surface area contributed by atoms with E-state index in [0.717, 1.165) is 18.0 Å². The van der Waals surface area contributed by atoms with Gasteiger partial charge in [0.15, 0.2) is 16.7 Å². The third-order valence-corrected chi connectivity index (χ3v) is 4.87. The Hall–Kier alpha value is -2.22. The Kier molecular flexibility index (Phi) is 3.60. The number of benzene rings is 1. The Morgan fingerprint density at radius 1 is 1.35 bits per heavy atom. The van der Waals surface area contributed by atoms with E-state index in [9.17, 15) is 9.59 Å². The first kappa shape index (κ1) is 14.4. The van der Waals surface area contributed by atoms with Crippen molar-refractivity contribution in [1.29, 1.82) is 0 Å². The van der Waals surface area contributed by atoms with Crippen LogP contribution in [0.1, 0.15) is 6.42 Å². The van der Waals surface area contributed by atoms with Crippen molar-refractivity contribution in [2.24, 2.45) is 10.9 Å². The molecule has 1 aromatic rings. The highest BCUT2D eigenvalue weighted by molar-refractivity contribution is 8.14. The summed E-state index contributed by atoms with van der Waals surface area (Å²) in [5.74, 6) is 1.62. The number of fused-ring (bicyclic) bond motifs is 1. The zero-order valence-corrected chi connectivity index (χ0v) is 13.1. The average Bonchev–Trinajstić information content (AvgIpc) is 3.26. The summed E-state index contributed by atoms with van der Waals surface area (Å²) >= 11 is 1.53. The van der Waals surface area contributed by atoms with Crippen LogP contribution in [0.2, 0.25) is 0 Å². The van der Waals surface area contributed by atoms with Crippen LogP contribution in [-0.4, -0.2) is 42.6 Å². The number of anilines is 1. The largest absolute Gasteiger partial charge is 0.454 e. The minimum absolute atomic E-state index is 0.0648. The highest BCUT2D eigenvalue weighted by Crippen LogP contribution is 2.37. The first-order chi connectivity index (χ1) is 11.2. The van der Waals surface area contributed by atoms with E-state index in [1.807, 2.05) is 6.07 Å². The first-order valence-corrected chi connectivity index (χ1v) is 8.37. The van der Waals surface area contributed by atoms with Crippen LogP contribution in [0.4, 0.5) is 5.69 Å². The quantitative estimate of drug-likeness (QED) is 0.873. The van der Waals surface area contributed by atoms with Crippen molar-refractivity contribution in [3.8, 4) is 11.5 Å². The summed E-state index contributed by atoms with van der Waals surface area (Å²) in [4.78, 5) is 30.4. The van der Waals surface area contributed by atoms with Gasteiger partial charge < -0.3 is 19.7 Å². The molecule has 3 heterocycles. The second kappa shape index (κ2) is 5.77. The topological polar surface area (TPSA) is 80.2 Å². The Morgan fingerprint density at radius 2 is 2.22 bits per heavy atom. The van der Waals surface area contributed by atoms with Gasteiger partial charge in [0.1, 0.15) is 0 Å².